The van der Waals surface area contributed by atoms with Crippen LogP contribution in [0.2, 0.25) is 0 Å². The van der Waals surface area contributed by atoms with Crippen molar-refractivity contribution >= 4 is 44.2 Å². The van der Waals surface area contributed by atoms with Crippen molar-refractivity contribution in [3.05, 3.63) is 66.1 Å². The van der Waals surface area contributed by atoms with Gasteiger partial charge in [-0.3, -0.25) is 14.9 Å². The van der Waals surface area contributed by atoms with Crippen LogP contribution in [-0.2, 0) is 0 Å². The maximum Gasteiger partial charge on any atom is 0.293 e. The second-order valence-electron chi connectivity index (χ2n) is 6.16. The van der Waals surface area contributed by atoms with Gasteiger partial charge in [0.1, 0.15) is 0 Å². The van der Waals surface area contributed by atoms with E-state index < -0.39 is 0 Å². The van der Waals surface area contributed by atoms with Crippen LogP contribution in [0.3, 0.4) is 0 Å². The van der Waals surface area contributed by atoms with Crippen LogP contribution in [-0.4, -0.2) is 23.6 Å². The van der Waals surface area contributed by atoms with Crippen LogP contribution < -0.4 is 20.1 Å². The number of carbonyl (C=O) groups is 2. The first-order valence-corrected chi connectivity index (χ1v) is 9.44. The Morgan fingerprint density at radius 1 is 0.966 bits per heavy atom. The van der Waals surface area contributed by atoms with Crippen molar-refractivity contribution in [1.29, 1.82) is 0 Å². The van der Waals surface area contributed by atoms with Crippen LogP contribution in [0.1, 0.15) is 20.9 Å². The van der Waals surface area contributed by atoms with E-state index in [1.807, 2.05) is 0 Å². The average molecular weight is 407 g/mol. The number of hydrogen-bond donors (Lipinski definition) is 2. The van der Waals surface area contributed by atoms with Gasteiger partial charge in [0, 0.05) is 11.3 Å². The highest BCUT2D eigenvalue weighted by atomic mass is 32.1. The number of amides is 2. The topological polar surface area (TPSA) is 103 Å². The maximum absolute atomic E-state index is 12.5. The van der Waals surface area contributed by atoms with E-state index in [9.17, 15) is 9.59 Å². The van der Waals surface area contributed by atoms with Gasteiger partial charge in [-0.1, -0.05) is 11.3 Å². The number of ether oxygens (including phenoxy) is 2. The van der Waals surface area contributed by atoms with Gasteiger partial charge in [-0.25, -0.2) is 4.98 Å². The summed E-state index contributed by atoms with van der Waals surface area (Å²) in [6.45, 7) is 0.154. The van der Waals surface area contributed by atoms with Gasteiger partial charge in [-0.2, -0.15) is 0 Å². The molecule has 1 aliphatic heterocycles. The molecular weight excluding hydrogens is 394 g/mol. The fraction of sp³-hybridized carbons (Fsp3) is 0.0500. The summed E-state index contributed by atoms with van der Waals surface area (Å²) in [7, 11) is 0. The van der Waals surface area contributed by atoms with E-state index in [1.165, 1.54) is 17.6 Å². The normalized spacial score (nSPS) is 12.1. The highest BCUT2D eigenvalue weighted by molar-refractivity contribution is 7.22. The second-order valence-corrected chi connectivity index (χ2v) is 7.19. The Morgan fingerprint density at radius 2 is 1.86 bits per heavy atom. The van der Waals surface area contributed by atoms with Gasteiger partial charge in [0.15, 0.2) is 22.4 Å². The first-order valence-electron chi connectivity index (χ1n) is 8.62. The number of aromatic nitrogens is 1. The summed E-state index contributed by atoms with van der Waals surface area (Å²) >= 11 is 1.30. The number of thiazole rings is 1. The average Bonchev–Trinajstić information content (AvgIpc) is 3.46. The van der Waals surface area contributed by atoms with Crippen LogP contribution in [0.25, 0.3) is 10.2 Å². The molecule has 0 saturated carbocycles. The van der Waals surface area contributed by atoms with E-state index in [0.717, 1.165) is 4.70 Å². The number of rotatable bonds is 4. The fourth-order valence-corrected chi connectivity index (χ4v) is 3.76. The molecule has 29 heavy (non-hydrogen) atoms. The quantitative estimate of drug-likeness (QED) is 0.527. The lowest BCUT2D eigenvalue weighted by Crippen LogP contribution is -2.11. The van der Waals surface area contributed by atoms with Crippen molar-refractivity contribution in [2.24, 2.45) is 0 Å². The third-order valence-corrected chi connectivity index (χ3v) is 5.18. The molecule has 0 unspecified atom stereocenters. The molecule has 5 rings (SSSR count). The van der Waals surface area contributed by atoms with E-state index >= 15 is 0 Å². The Balaban J connectivity index is 1.33. The molecule has 0 fully saturated rings. The molecule has 9 heteroatoms. The molecule has 144 valence electrons. The van der Waals surface area contributed by atoms with Gasteiger partial charge in [0.25, 0.3) is 11.8 Å². The number of carbonyl (C=O) groups excluding carboxylic acids is 2. The number of anilines is 2. The van der Waals surface area contributed by atoms with E-state index in [-0.39, 0.29) is 24.4 Å². The Morgan fingerprint density at radius 3 is 2.72 bits per heavy atom. The number of hydrogen-bond acceptors (Lipinski definition) is 7. The molecule has 2 aromatic heterocycles. The van der Waals surface area contributed by atoms with E-state index in [0.29, 0.717) is 33.4 Å². The lowest BCUT2D eigenvalue weighted by Gasteiger charge is -2.06. The number of nitrogens with one attached hydrogen (secondary N) is 2. The van der Waals surface area contributed by atoms with Crippen molar-refractivity contribution in [3.63, 3.8) is 0 Å². The van der Waals surface area contributed by atoms with Crippen LogP contribution in [0, 0.1) is 0 Å². The van der Waals surface area contributed by atoms with Gasteiger partial charge in [-0.15, -0.1) is 0 Å². The molecule has 4 aromatic rings. The van der Waals surface area contributed by atoms with Crippen LogP contribution >= 0.6 is 11.3 Å². The summed E-state index contributed by atoms with van der Waals surface area (Å²) in [5.41, 5.74) is 1.80. The van der Waals surface area contributed by atoms with Gasteiger partial charge in [0.05, 0.1) is 16.5 Å². The molecule has 1 aliphatic rings. The highest BCUT2D eigenvalue weighted by Crippen LogP contribution is 2.33. The molecule has 0 bridgehead atoms. The van der Waals surface area contributed by atoms with Crippen LogP contribution in [0.15, 0.2) is 59.2 Å². The molecule has 8 nitrogen and oxygen atoms in total. The Labute approximate surface area is 168 Å². The standard InChI is InChI=1S/C20H13N3O5S/c24-18(11-3-6-14-16(8-11)28-10-27-14)21-12-4-5-13-17(9-12)29-20(22-13)23-19(25)15-2-1-7-26-15/h1-9H,10H2,(H,21,24)(H,22,23,25). The summed E-state index contributed by atoms with van der Waals surface area (Å²) in [5, 5.41) is 6.01. The molecule has 0 radical (unpaired) electrons. The van der Waals surface area contributed by atoms with Gasteiger partial charge in [0.2, 0.25) is 6.79 Å². The zero-order valence-electron chi connectivity index (χ0n) is 14.8. The first-order chi connectivity index (χ1) is 14.2. The molecule has 3 heterocycles. The molecule has 0 spiro atoms. The smallest absolute Gasteiger partial charge is 0.293 e. The molecule has 0 saturated heterocycles. The minimum Gasteiger partial charge on any atom is -0.459 e. The number of benzene rings is 2. The molecule has 2 amide bonds. The summed E-state index contributed by atoms with van der Waals surface area (Å²) in [6, 6.07) is 13.6. The maximum atomic E-state index is 12.5. The van der Waals surface area contributed by atoms with Crippen molar-refractivity contribution in [1.82, 2.24) is 4.98 Å². The minimum absolute atomic E-state index is 0.154. The zero-order chi connectivity index (χ0) is 19.8. The van der Waals surface area contributed by atoms with Crippen molar-refractivity contribution < 1.29 is 23.5 Å². The Kier molecular flexibility index (Phi) is 4.14. The van der Waals surface area contributed by atoms with Gasteiger partial charge in [-0.05, 0) is 48.5 Å². The van der Waals surface area contributed by atoms with Gasteiger partial charge < -0.3 is 19.2 Å². The molecule has 2 N–H and O–H groups in total. The van der Waals surface area contributed by atoms with E-state index in [2.05, 4.69) is 15.6 Å². The van der Waals surface area contributed by atoms with Gasteiger partial charge >= 0.3 is 0 Å². The summed E-state index contributed by atoms with van der Waals surface area (Å²) in [6.07, 6.45) is 1.43. The van der Waals surface area contributed by atoms with Crippen molar-refractivity contribution in [2.45, 2.75) is 0 Å². The van der Waals surface area contributed by atoms with Crippen molar-refractivity contribution in [3.8, 4) is 11.5 Å². The second kappa shape index (κ2) is 6.95. The van der Waals surface area contributed by atoms with Crippen LogP contribution in [0.5, 0.6) is 11.5 Å². The highest BCUT2D eigenvalue weighted by Gasteiger charge is 2.17. The van der Waals surface area contributed by atoms with E-state index in [4.69, 9.17) is 13.9 Å². The lowest BCUT2D eigenvalue weighted by atomic mass is 10.2. The predicted octanol–water partition coefficient (Wildman–Crippen LogP) is 4.12. The van der Waals surface area contributed by atoms with Crippen LogP contribution in [0.4, 0.5) is 10.8 Å². The number of nitrogens with zero attached hydrogens (tertiary/aromatic N) is 1. The Bertz CT molecular complexity index is 1230. The summed E-state index contributed by atoms with van der Waals surface area (Å²) in [5.74, 6) is 0.745. The zero-order valence-corrected chi connectivity index (χ0v) is 15.6. The number of furan rings is 1. The predicted molar refractivity (Wildman–Crippen MR) is 107 cm³/mol. The number of fused-ring (bicyclic) bond motifs is 2. The summed E-state index contributed by atoms with van der Waals surface area (Å²) < 4.78 is 16.5. The third kappa shape index (κ3) is 3.39. The first kappa shape index (κ1) is 17.3. The fourth-order valence-electron chi connectivity index (χ4n) is 2.86. The molecule has 0 atom stereocenters. The monoisotopic (exact) mass is 407 g/mol. The van der Waals surface area contributed by atoms with E-state index in [1.54, 1.807) is 48.5 Å². The third-order valence-electron chi connectivity index (χ3n) is 4.25. The molecule has 2 aromatic carbocycles. The molecular formula is C20H13N3O5S. The molecule has 0 aliphatic carbocycles. The van der Waals surface area contributed by atoms with Crippen molar-refractivity contribution in [2.75, 3.05) is 17.4 Å². The SMILES string of the molecule is O=C(Nc1ccc2nc(NC(=O)c3ccco3)sc2c1)c1ccc2c(c1)OCO2. The Hall–Kier alpha value is -3.85. The summed E-state index contributed by atoms with van der Waals surface area (Å²) in [4.78, 5) is 29.0. The largest absolute Gasteiger partial charge is 0.459 e. The minimum atomic E-state index is -0.370. The lowest BCUT2D eigenvalue weighted by molar-refractivity contribution is 0.0994.